The van der Waals surface area contributed by atoms with Crippen LogP contribution in [0.1, 0.15) is 27.2 Å². The van der Waals surface area contributed by atoms with Gasteiger partial charge in [-0.3, -0.25) is 0 Å². The van der Waals surface area contributed by atoms with E-state index in [2.05, 4.69) is 33.8 Å². The van der Waals surface area contributed by atoms with Crippen LogP contribution in [0.15, 0.2) is 0 Å². The molecule has 0 aliphatic carbocycles. The van der Waals surface area contributed by atoms with Crippen LogP contribution in [0, 0.1) is 0 Å². The molecule has 12 heavy (non-hydrogen) atoms. The molecular weight excluding hydrogens is 171 g/mol. The predicted octanol–water partition coefficient (Wildman–Crippen LogP) is 2.71. The Labute approximate surface area is 75.7 Å². The summed E-state index contributed by atoms with van der Waals surface area (Å²) in [7, 11) is 0. The summed E-state index contributed by atoms with van der Waals surface area (Å²) in [6.07, 6.45) is 0.472. The zero-order valence-corrected chi connectivity index (χ0v) is 9.94. The van der Waals surface area contributed by atoms with Gasteiger partial charge in [-0.15, -0.1) is 0 Å². The summed E-state index contributed by atoms with van der Waals surface area (Å²) in [5.74, 6) is -0.0751. The van der Waals surface area contributed by atoms with Crippen LogP contribution in [0.2, 0.25) is 0 Å². The van der Waals surface area contributed by atoms with E-state index in [-0.39, 0.29) is 5.97 Å². The molecule has 0 fully saturated rings. The summed E-state index contributed by atoms with van der Waals surface area (Å²) in [5, 5.41) is 0. The normalized spacial score (nSPS) is 15.4. The molecule has 0 saturated heterocycles. The fourth-order valence-corrected chi connectivity index (χ4v) is 1.60. The zero-order valence-electron chi connectivity index (χ0n) is 9.05. The van der Waals surface area contributed by atoms with E-state index in [0.29, 0.717) is 12.1 Å². The van der Waals surface area contributed by atoms with Gasteiger partial charge < -0.3 is 0 Å². The fraction of sp³-hybridized carbons (Fsp3) is 0.889. The first-order valence-electron chi connectivity index (χ1n) is 4.41. The molecule has 2 nitrogen and oxygen atoms in total. The molecule has 0 saturated carbocycles. The number of hydrogen-bond donors (Lipinski definition) is 0. The third kappa shape index (κ3) is 3.10. The molecule has 0 radical (unpaired) electrons. The molecule has 0 spiro atoms. The molecule has 0 unspecified atom stereocenters. The second-order valence-electron chi connectivity index (χ2n) is 4.68. The van der Waals surface area contributed by atoms with Crippen LogP contribution < -0.4 is 0 Å². The van der Waals surface area contributed by atoms with Gasteiger partial charge in [-0.2, -0.15) is 0 Å². The van der Waals surface area contributed by atoms with Gasteiger partial charge in [0.25, 0.3) is 0 Å². The van der Waals surface area contributed by atoms with Crippen molar-refractivity contribution < 1.29 is 9.32 Å². The van der Waals surface area contributed by atoms with Crippen LogP contribution >= 0.6 is 6.83 Å². The van der Waals surface area contributed by atoms with Crippen LogP contribution in [0.3, 0.4) is 0 Å². The van der Waals surface area contributed by atoms with Gasteiger partial charge >= 0.3 is 75.0 Å². The first-order chi connectivity index (χ1) is 5.17. The van der Waals surface area contributed by atoms with Crippen molar-refractivity contribution in [2.45, 2.75) is 32.9 Å². The summed E-state index contributed by atoms with van der Waals surface area (Å²) in [6, 6.07) is 0. The third-order valence-electron chi connectivity index (χ3n) is 2.48. The number of rotatable bonds is 3. The minimum absolute atomic E-state index is 0.0751. The van der Waals surface area contributed by atoms with Gasteiger partial charge in [0, 0.05) is 0 Å². The number of hydrogen-bond acceptors (Lipinski definition) is 2. The molecule has 0 aromatic rings. The van der Waals surface area contributed by atoms with E-state index in [1.807, 2.05) is 6.92 Å². The van der Waals surface area contributed by atoms with E-state index in [1.54, 1.807) is 0 Å². The van der Waals surface area contributed by atoms with Crippen LogP contribution in [-0.4, -0.2) is 31.6 Å². The summed E-state index contributed by atoms with van der Waals surface area (Å²) < 4.78 is 5.53. The van der Waals surface area contributed by atoms with Crippen molar-refractivity contribution in [3.05, 3.63) is 0 Å². The van der Waals surface area contributed by atoms with E-state index in [4.69, 9.17) is 4.52 Å². The molecule has 0 heterocycles. The van der Waals surface area contributed by atoms with Crippen molar-refractivity contribution in [2.24, 2.45) is 0 Å². The molecule has 0 aliphatic heterocycles. The summed E-state index contributed by atoms with van der Waals surface area (Å²) in [4.78, 5) is 11.1. The van der Waals surface area contributed by atoms with Gasteiger partial charge in [0.05, 0.1) is 0 Å². The van der Waals surface area contributed by atoms with Crippen molar-refractivity contribution in [2.75, 3.05) is 20.0 Å². The van der Waals surface area contributed by atoms with E-state index in [0.717, 1.165) is 0 Å². The quantitative estimate of drug-likeness (QED) is 0.642. The Hall–Kier alpha value is -0.100. The van der Waals surface area contributed by atoms with E-state index in [9.17, 15) is 4.79 Å². The third-order valence-corrected chi connectivity index (χ3v) is 6.85. The Morgan fingerprint density at radius 2 is 1.75 bits per heavy atom. The molecule has 0 bridgehead atoms. The Kier molecular flexibility index (Phi) is 3.31. The molecule has 0 aliphatic rings. The molecule has 0 amide bonds. The molecule has 0 atom stereocenters. The number of carbonyl (C=O) groups is 1. The standard InChI is InChI=1S/C9H21O2P/c1-7-9(10)11-12(4,5,6)8(2)3/h8H,7H2,1-6H3. The maximum absolute atomic E-state index is 11.1. The topological polar surface area (TPSA) is 26.3 Å². The van der Waals surface area contributed by atoms with Crippen molar-refractivity contribution in [3.8, 4) is 0 Å². The SMILES string of the molecule is CCC(=O)OP(C)(C)(C)C(C)C. The first kappa shape index (κ1) is 11.9. The first-order valence-corrected chi connectivity index (χ1v) is 7.97. The predicted molar refractivity (Wildman–Crippen MR) is 56.2 cm³/mol. The number of carbonyl (C=O) groups excluding carboxylic acids is 1. The van der Waals surface area contributed by atoms with Crippen molar-refractivity contribution in [1.29, 1.82) is 0 Å². The van der Waals surface area contributed by atoms with Crippen molar-refractivity contribution in [1.82, 2.24) is 0 Å². The molecule has 3 heteroatoms. The maximum atomic E-state index is 11.1. The minimum atomic E-state index is -2.18. The Morgan fingerprint density at radius 1 is 1.33 bits per heavy atom. The van der Waals surface area contributed by atoms with Crippen LogP contribution in [0.25, 0.3) is 0 Å². The molecule has 74 valence electrons. The second kappa shape index (κ2) is 3.33. The van der Waals surface area contributed by atoms with Crippen LogP contribution in [0.5, 0.6) is 0 Å². The second-order valence-corrected chi connectivity index (χ2v) is 11.4. The van der Waals surface area contributed by atoms with Gasteiger partial charge in [0.1, 0.15) is 0 Å². The van der Waals surface area contributed by atoms with Gasteiger partial charge in [-0.05, 0) is 0 Å². The van der Waals surface area contributed by atoms with E-state index >= 15 is 0 Å². The average molecular weight is 192 g/mol. The monoisotopic (exact) mass is 192 g/mol. The fourth-order valence-electron chi connectivity index (χ4n) is 0.534. The van der Waals surface area contributed by atoms with Crippen molar-refractivity contribution in [3.63, 3.8) is 0 Å². The summed E-state index contributed by atoms with van der Waals surface area (Å²) >= 11 is 0. The average Bonchev–Trinajstić information content (AvgIpc) is 1.85. The van der Waals surface area contributed by atoms with Gasteiger partial charge in [-0.25, -0.2) is 0 Å². The van der Waals surface area contributed by atoms with E-state index < -0.39 is 6.83 Å². The van der Waals surface area contributed by atoms with Crippen LogP contribution in [0.4, 0.5) is 0 Å². The Bertz CT molecular complexity index is 177. The molecule has 0 aromatic heterocycles. The van der Waals surface area contributed by atoms with Crippen LogP contribution in [-0.2, 0) is 9.32 Å². The summed E-state index contributed by atoms with van der Waals surface area (Å²) in [5.41, 5.74) is 0.437. The Morgan fingerprint density at radius 3 is 2.00 bits per heavy atom. The van der Waals surface area contributed by atoms with E-state index in [1.165, 1.54) is 0 Å². The van der Waals surface area contributed by atoms with Gasteiger partial charge in [-0.1, -0.05) is 0 Å². The molecule has 0 aromatic carbocycles. The summed E-state index contributed by atoms with van der Waals surface area (Å²) in [6.45, 7) is 10.1. The van der Waals surface area contributed by atoms with Gasteiger partial charge in [0.2, 0.25) is 0 Å². The molecule has 0 N–H and O–H groups in total. The Balaban J connectivity index is 4.49. The van der Waals surface area contributed by atoms with Crippen molar-refractivity contribution >= 4 is 12.8 Å². The zero-order chi connectivity index (χ0) is 10.0. The molecule has 0 rings (SSSR count). The molecular formula is C9H21O2P. The van der Waals surface area contributed by atoms with Gasteiger partial charge in [0.15, 0.2) is 0 Å².